The highest BCUT2D eigenvalue weighted by atomic mass is 16.3. The maximum absolute atomic E-state index is 10.8. The molecule has 12 heavy (non-hydrogen) atoms. The van der Waals surface area contributed by atoms with Crippen molar-refractivity contribution in [2.75, 3.05) is 12.4 Å². The molecular weight excluding hydrogens is 158 g/mol. The Morgan fingerprint density at radius 2 is 2.33 bits per heavy atom. The van der Waals surface area contributed by atoms with E-state index in [1.807, 2.05) is 0 Å². The third kappa shape index (κ3) is 2.12. The summed E-state index contributed by atoms with van der Waals surface area (Å²) in [5.41, 5.74) is 0.534. The van der Waals surface area contributed by atoms with Crippen molar-refractivity contribution in [1.82, 2.24) is 10.3 Å². The van der Waals surface area contributed by atoms with Crippen LogP contribution in [0.15, 0.2) is 18.3 Å². The van der Waals surface area contributed by atoms with Crippen molar-refractivity contribution < 1.29 is 9.90 Å². The lowest BCUT2D eigenvalue weighted by atomic mass is 10.4. The van der Waals surface area contributed by atoms with E-state index in [0.29, 0.717) is 5.69 Å². The molecule has 0 unspecified atom stereocenters. The van der Waals surface area contributed by atoms with Gasteiger partial charge in [-0.25, -0.2) is 9.78 Å². The quantitative estimate of drug-likeness (QED) is 0.571. The summed E-state index contributed by atoms with van der Waals surface area (Å²) in [6.07, 6.45) is 1.37. The first-order valence-electron chi connectivity index (χ1n) is 3.36. The number of carbonyl (C=O) groups is 1. The summed E-state index contributed by atoms with van der Waals surface area (Å²) in [5.74, 6) is -0.0718. The SMILES string of the molecule is CNC(=O)Nc1ccc(O)nc1. The van der Waals surface area contributed by atoms with Gasteiger partial charge in [0.2, 0.25) is 5.88 Å². The Morgan fingerprint density at radius 1 is 1.58 bits per heavy atom. The number of nitrogens with zero attached hydrogens (tertiary/aromatic N) is 1. The summed E-state index contributed by atoms with van der Waals surface area (Å²) in [7, 11) is 1.52. The standard InChI is InChI=1S/C7H9N3O2/c1-8-7(12)10-5-2-3-6(11)9-4-5/h2-4H,1H3,(H,9,11)(H2,8,10,12). The molecule has 1 heterocycles. The van der Waals surface area contributed by atoms with E-state index in [9.17, 15) is 4.79 Å². The topological polar surface area (TPSA) is 74.2 Å². The highest BCUT2D eigenvalue weighted by molar-refractivity contribution is 5.88. The molecule has 1 aromatic heterocycles. The van der Waals surface area contributed by atoms with Crippen molar-refractivity contribution in [3.8, 4) is 5.88 Å². The summed E-state index contributed by atoms with van der Waals surface area (Å²) < 4.78 is 0. The number of hydrogen-bond donors (Lipinski definition) is 3. The zero-order valence-corrected chi connectivity index (χ0v) is 6.53. The van der Waals surface area contributed by atoms with Crippen LogP contribution in [-0.2, 0) is 0 Å². The Kier molecular flexibility index (Phi) is 2.47. The number of anilines is 1. The van der Waals surface area contributed by atoms with Crippen molar-refractivity contribution in [2.24, 2.45) is 0 Å². The molecule has 64 valence electrons. The van der Waals surface area contributed by atoms with E-state index in [4.69, 9.17) is 5.11 Å². The molecular formula is C7H9N3O2. The first-order valence-corrected chi connectivity index (χ1v) is 3.36. The Balaban J connectivity index is 2.64. The first-order chi connectivity index (χ1) is 5.72. The number of aromatic hydroxyl groups is 1. The number of pyridine rings is 1. The number of rotatable bonds is 1. The number of aromatic nitrogens is 1. The van der Waals surface area contributed by atoms with Gasteiger partial charge >= 0.3 is 6.03 Å². The molecule has 2 amide bonds. The van der Waals surface area contributed by atoms with Gasteiger partial charge in [-0.3, -0.25) is 0 Å². The maximum atomic E-state index is 10.8. The van der Waals surface area contributed by atoms with Crippen LogP contribution in [0.2, 0.25) is 0 Å². The zero-order valence-electron chi connectivity index (χ0n) is 6.53. The Bertz CT molecular complexity index is 270. The second kappa shape index (κ2) is 3.56. The van der Waals surface area contributed by atoms with Gasteiger partial charge in [0, 0.05) is 13.1 Å². The minimum absolute atomic E-state index is 0.0718. The van der Waals surface area contributed by atoms with Gasteiger partial charge in [-0.2, -0.15) is 0 Å². The Morgan fingerprint density at radius 3 is 2.83 bits per heavy atom. The van der Waals surface area contributed by atoms with Crippen LogP contribution in [0.25, 0.3) is 0 Å². The zero-order chi connectivity index (χ0) is 8.97. The molecule has 1 rings (SSSR count). The van der Waals surface area contributed by atoms with Crippen molar-refractivity contribution in [1.29, 1.82) is 0 Å². The molecule has 0 aliphatic heterocycles. The highest BCUT2D eigenvalue weighted by Crippen LogP contribution is 2.08. The lowest BCUT2D eigenvalue weighted by molar-refractivity contribution is 0.254. The number of hydrogen-bond acceptors (Lipinski definition) is 3. The van der Waals surface area contributed by atoms with E-state index in [1.165, 1.54) is 19.3 Å². The third-order valence-electron chi connectivity index (χ3n) is 1.23. The van der Waals surface area contributed by atoms with Gasteiger partial charge < -0.3 is 15.7 Å². The lowest BCUT2D eigenvalue weighted by Crippen LogP contribution is -2.24. The largest absolute Gasteiger partial charge is 0.493 e. The monoisotopic (exact) mass is 167 g/mol. The van der Waals surface area contributed by atoms with Crippen LogP contribution in [-0.4, -0.2) is 23.2 Å². The van der Waals surface area contributed by atoms with Gasteiger partial charge in [0.1, 0.15) is 0 Å². The first kappa shape index (κ1) is 8.32. The van der Waals surface area contributed by atoms with E-state index < -0.39 is 0 Å². The van der Waals surface area contributed by atoms with Crippen LogP contribution in [0.3, 0.4) is 0 Å². The molecule has 5 heteroatoms. The number of amides is 2. The molecule has 0 radical (unpaired) electrons. The molecule has 0 bridgehead atoms. The van der Waals surface area contributed by atoms with Crippen molar-refractivity contribution in [2.45, 2.75) is 0 Å². The maximum Gasteiger partial charge on any atom is 0.319 e. The molecule has 0 saturated heterocycles. The second-order valence-electron chi connectivity index (χ2n) is 2.11. The average molecular weight is 167 g/mol. The molecule has 0 aliphatic carbocycles. The Labute approximate surface area is 69.4 Å². The smallest absolute Gasteiger partial charge is 0.319 e. The normalized spacial score (nSPS) is 9.08. The van der Waals surface area contributed by atoms with Gasteiger partial charge in [0.05, 0.1) is 11.9 Å². The lowest BCUT2D eigenvalue weighted by Gasteiger charge is -2.02. The predicted molar refractivity (Wildman–Crippen MR) is 44.0 cm³/mol. The Hall–Kier alpha value is -1.78. The van der Waals surface area contributed by atoms with Crippen molar-refractivity contribution >= 4 is 11.7 Å². The van der Waals surface area contributed by atoms with Crippen LogP contribution in [0.1, 0.15) is 0 Å². The second-order valence-corrected chi connectivity index (χ2v) is 2.11. The number of carbonyl (C=O) groups excluding carboxylic acids is 1. The van der Waals surface area contributed by atoms with E-state index in [2.05, 4.69) is 15.6 Å². The molecule has 0 spiro atoms. The van der Waals surface area contributed by atoms with Crippen LogP contribution in [0.5, 0.6) is 5.88 Å². The summed E-state index contributed by atoms with van der Waals surface area (Å²) in [4.78, 5) is 14.3. The summed E-state index contributed by atoms with van der Waals surface area (Å²) in [6, 6.07) is 2.63. The predicted octanol–water partition coefficient (Wildman–Crippen LogP) is 0.538. The van der Waals surface area contributed by atoms with Crippen LogP contribution in [0.4, 0.5) is 10.5 Å². The van der Waals surface area contributed by atoms with Gasteiger partial charge in [0.25, 0.3) is 0 Å². The molecule has 0 atom stereocenters. The molecule has 1 aromatic rings. The molecule has 0 fully saturated rings. The van der Waals surface area contributed by atoms with Gasteiger partial charge in [-0.15, -0.1) is 0 Å². The highest BCUT2D eigenvalue weighted by Gasteiger charge is 1.97. The fourth-order valence-electron chi connectivity index (χ4n) is 0.654. The fraction of sp³-hybridized carbons (Fsp3) is 0.143. The minimum atomic E-state index is -0.317. The van der Waals surface area contributed by atoms with Gasteiger partial charge in [0.15, 0.2) is 0 Å². The van der Waals surface area contributed by atoms with E-state index in [0.717, 1.165) is 0 Å². The molecule has 3 N–H and O–H groups in total. The summed E-state index contributed by atoms with van der Waals surface area (Å²) in [5, 5.41) is 13.7. The van der Waals surface area contributed by atoms with Crippen LogP contribution < -0.4 is 10.6 Å². The van der Waals surface area contributed by atoms with Crippen LogP contribution >= 0.6 is 0 Å². The van der Waals surface area contributed by atoms with E-state index in [1.54, 1.807) is 6.07 Å². The third-order valence-corrected chi connectivity index (χ3v) is 1.23. The van der Waals surface area contributed by atoms with Crippen molar-refractivity contribution in [3.05, 3.63) is 18.3 Å². The fourth-order valence-corrected chi connectivity index (χ4v) is 0.654. The van der Waals surface area contributed by atoms with Crippen molar-refractivity contribution in [3.63, 3.8) is 0 Å². The molecule has 0 aliphatic rings. The number of nitrogens with one attached hydrogen (secondary N) is 2. The van der Waals surface area contributed by atoms with E-state index in [-0.39, 0.29) is 11.9 Å². The molecule has 0 saturated carbocycles. The number of urea groups is 1. The average Bonchev–Trinajstić information content (AvgIpc) is 2.09. The van der Waals surface area contributed by atoms with Gasteiger partial charge in [-0.1, -0.05) is 0 Å². The molecule has 0 aromatic carbocycles. The summed E-state index contributed by atoms with van der Waals surface area (Å²) in [6.45, 7) is 0. The minimum Gasteiger partial charge on any atom is -0.493 e. The van der Waals surface area contributed by atoms with Crippen LogP contribution in [0, 0.1) is 0 Å². The molecule has 5 nitrogen and oxygen atoms in total. The van der Waals surface area contributed by atoms with Gasteiger partial charge in [-0.05, 0) is 6.07 Å². The van der Waals surface area contributed by atoms with E-state index >= 15 is 0 Å². The summed E-state index contributed by atoms with van der Waals surface area (Å²) >= 11 is 0.